The van der Waals surface area contributed by atoms with Crippen molar-refractivity contribution in [1.29, 1.82) is 0 Å². The highest BCUT2D eigenvalue weighted by Crippen LogP contribution is 2.18. The van der Waals surface area contributed by atoms with Gasteiger partial charge in [-0.2, -0.15) is 4.98 Å². The number of aromatic nitrogens is 2. The summed E-state index contributed by atoms with van der Waals surface area (Å²) in [5.74, 6) is 0.195. The number of benzene rings is 1. The molecule has 0 aliphatic heterocycles. The highest BCUT2D eigenvalue weighted by Gasteiger charge is 2.06. The van der Waals surface area contributed by atoms with E-state index in [0.717, 1.165) is 0 Å². The Morgan fingerprint density at radius 1 is 1.38 bits per heavy atom. The topological polar surface area (TPSA) is 51.0 Å². The van der Waals surface area contributed by atoms with E-state index in [2.05, 4.69) is 20.0 Å². The Kier molecular flexibility index (Phi) is 3.48. The van der Waals surface area contributed by atoms with Crippen molar-refractivity contribution in [3.05, 3.63) is 46.8 Å². The van der Waals surface area contributed by atoms with Crippen LogP contribution in [0.5, 0.6) is 0 Å². The fourth-order valence-corrected chi connectivity index (χ4v) is 1.50. The van der Waals surface area contributed by atoms with Gasteiger partial charge in [-0.25, -0.2) is 4.39 Å². The number of hydrogen-bond donors (Lipinski definition) is 1. The van der Waals surface area contributed by atoms with Crippen LogP contribution in [0.15, 0.2) is 29.1 Å². The van der Waals surface area contributed by atoms with Crippen LogP contribution in [-0.2, 0) is 13.1 Å². The number of halogens is 2. The third-order valence-corrected chi connectivity index (χ3v) is 2.41. The van der Waals surface area contributed by atoms with Gasteiger partial charge < -0.3 is 9.84 Å². The highest BCUT2D eigenvalue weighted by molar-refractivity contribution is 6.31. The molecule has 2 aromatic rings. The van der Waals surface area contributed by atoms with E-state index in [1.54, 1.807) is 12.1 Å². The Hall–Kier alpha value is -1.46. The molecule has 0 fully saturated rings. The number of nitrogens with zero attached hydrogens (tertiary/aromatic N) is 2. The third kappa shape index (κ3) is 2.56. The van der Waals surface area contributed by atoms with Gasteiger partial charge in [0.15, 0.2) is 5.82 Å². The standard InChI is InChI=1S/C10H9ClFN3O/c11-8-2-1-3-9(12)7(8)4-13-5-10-14-6-16-15-10/h1-3,6,13H,4-5H2. The van der Waals surface area contributed by atoms with Crippen LogP contribution in [0.2, 0.25) is 5.02 Å². The monoisotopic (exact) mass is 241 g/mol. The van der Waals surface area contributed by atoms with E-state index in [0.29, 0.717) is 29.5 Å². The SMILES string of the molecule is Fc1cccc(Cl)c1CNCc1ncon1. The summed E-state index contributed by atoms with van der Waals surface area (Å²) in [6.45, 7) is 0.723. The minimum atomic E-state index is -0.326. The van der Waals surface area contributed by atoms with Crippen molar-refractivity contribution in [2.45, 2.75) is 13.1 Å². The fraction of sp³-hybridized carbons (Fsp3) is 0.200. The predicted molar refractivity (Wildman–Crippen MR) is 56.3 cm³/mol. The maximum Gasteiger partial charge on any atom is 0.213 e. The van der Waals surface area contributed by atoms with Gasteiger partial charge in [0.25, 0.3) is 0 Å². The second kappa shape index (κ2) is 5.05. The molecule has 0 saturated heterocycles. The van der Waals surface area contributed by atoms with Gasteiger partial charge >= 0.3 is 0 Å². The van der Waals surface area contributed by atoms with Gasteiger partial charge in [0.05, 0.1) is 6.54 Å². The largest absolute Gasteiger partial charge is 0.343 e. The molecule has 4 nitrogen and oxygen atoms in total. The first-order chi connectivity index (χ1) is 7.77. The van der Waals surface area contributed by atoms with Crippen molar-refractivity contribution in [3.63, 3.8) is 0 Å². The molecule has 1 N–H and O–H groups in total. The summed E-state index contributed by atoms with van der Waals surface area (Å²) in [6, 6.07) is 4.59. The summed E-state index contributed by atoms with van der Waals surface area (Å²) in [5.41, 5.74) is 0.438. The third-order valence-electron chi connectivity index (χ3n) is 2.05. The first-order valence-electron chi connectivity index (χ1n) is 4.66. The van der Waals surface area contributed by atoms with Gasteiger partial charge in [-0.05, 0) is 12.1 Å². The molecular formula is C10H9ClFN3O. The minimum absolute atomic E-state index is 0.319. The van der Waals surface area contributed by atoms with Crippen molar-refractivity contribution in [2.75, 3.05) is 0 Å². The van der Waals surface area contributed by atoms with Crippen molar-refractivity contribution in [2.24, 2.45) is 0 Å². The normalized spacial score (nSPS) is 10.6. The highest BCUT2D eigenvalue weighted by atomic mass is 35.5. The zero-order chi connectivity index (χ0) is 11.4. The summed E-state index contributed by atoms with van der Waals surface area (Å²) >= 11 is 5.86. The predicted octanol–water partition coefficient (Wildman–Crippen LogP) is 2.15. The van der Waals surface area contributed by atoms with Crippen LogP contribution < -0.4 is 5.32 Å². The van der Waals surface area contributed by atoms with Crippen LogP contribution in [0.4, 0.5) is 4.39 Å². The van der Waals surface area contributed by atoms with Gasteiger partial charge in [0.1, 0.15) is 5.82 Å². The summed E-state index contributed by atoms with van der Waals surface area (Å²) in [5, 5.41) is 7.00. The van der Waals surface area contributed by atoms with Crippen molar-refractivity contribution in [3.8, 4) is 0 Å². The zero-order valence-corrected chi connectivity index (χ0v) is 9.04. The van der Waals surface area contributed by atoms with E-state index in [1.165, 1.54) is 12.5 Å². The quantitative estimate of drug-likeness (QED) is 0.891. The van der Waals surface area contributed by atoms with Crippen molar-refractivity contribution < 1.29 is 8.91 Å². The lowest BCUT2D eigenvalue weighted by Gasteiger charge is -2.05. The molecule has 1 aromatic heterocycles. The molecule has 6 heteroatoms. The zero-order valence-electron chi connectivity index (χ0n) is 8.28. The van der Waals surface area contributed by atoms with Gasteiger partial charge in [0.2, 0.25) is 6.39 Å². The van der Waals surface area contributed by atoms with E-state index >= 15 is 0 Å². The summed E-state index contributed by atoms with van der Waals surface area (Å²) in [6.07, 6.45) is 1.24. The molecule has 0 aliphatic rings. The first-order valence-corrected chi connectivity index (χ1v) is 5.04. The minimum Gasteiger partial charge on any atom is -0.343 e. The molecule has 0 atom stereocenters. The van der Waals surface area contributed by atoms with E-state index in [-0.39, 0.29) is 5.82 Å². The van der Waals surface area contributed by atoms with Crippen LogP contribution in [0, 0.1) is 5.82 Å². The van der Waals surface area contributed by atoms with Crippen LogP contribution >= 0.6 is 11.6 Å². The maximum absolute atomic E-state index is 13.3. The van der Waals surface area contributed by atoms with Gasteiger partial charge in [0, 0.05) is 17.1 Å². The van der Waals surface area contributed by atoms with E-state index < -0.39 is 0 Å². The fourth-order valence-electron chi connectivity index (χ4n) is 1.27. The molecule has 0 radical (unpaired) electrons. The smallest absolute Gasteiger partial charge is 0.213 e. The van der Waals surface area contributed by atoms with Gasteiger partial charge in [-0.15, -0.1) is 0 Å². The molecule has 0 unspecified atom stereocenters. The molecule has 1 aromatic carbocycles. The number of rotatable bonds is 4. The average Bonchev–Trinajstić information content (AvgIpc) is 2.75. The molecule has 0 spiro atoms. The summed E-state index contributed by atoms with van der Waals surface area (Å²) in [4.78, 5) is 3.83. The van der Waals surface area contributed by atoms with E-state index in [1.807, 2.05) is 0 Å². The van der Waals surface area contributed by atoms with E-state index in [9.17, 15) is 4.39 Å². The lowest BCUT2D eigenvalue weighted by Crippen LogP contribution is -2.15. The Morgan fingerprint density at radius 3 is 2.94 bits per heavy atom. The maximum atomic E-state index is 13.3. The molecular weight excluding hydrogens is 233 g/mol. The van der Waals surface area contributed by atoms with Crippen molar-refractivity contribution in [1.82, 2.24) is 15.5 Å². The summed E-state index contributed by atoms with van der Waals surface area (Å²) < 4.78 is 17.9. The average molecular weight is 242 g/mol. The van der Waals surface area contributed by atoms with Crippen LogP contribution in [-0.4, -0.2) is 10.1 Å². The van der Waals surface area contributed by atoms with Gasteiger partial charge in [-0.3, -0.25) is 0 Å². The van der Waals surface area contributed by atoms with Crippen LogP contribution in [0.25, 0.3) is 0 Å². The number of hydrogen-bond acceptors (Lipinski definition) is 4. The lowest BCUT2D eigenvalue weighted by atomic mass is 10.2. The van der Waals surface area contributed by atoms with E-state index in [4.69, 9.17) is 11.6 Å². The van der Waals surface area contributed by atoms with Gasteiger partial charge in [-0.1, -0.05) is 22.8 Å². The van der Waals surface area contributed by atoms with Crippen LogP contribution in [0.1, 0.15) is 11.4 Å². The Morgan fingerprint density at radius 2 is 2.25 bits per heavy atom. The second-order valence-electron chi connectivity index (χ2n) is 3.15. The molecule has 84 valence electrons. The molecule has 0 bridgehead atoms. The van der Waals surface area contributed by atoms with Crippen LogP contribution in [0.3, 0.4) is 0 Å². The Balaban J connectivity index is 1.95. The number of nitrogens with one attached hydrogen (secondary N) is 1. The second-order valence-corrected chi connectivity index (χ2v) is 3.56. The molecule has 16 heavy (non-hydrogen) atoms. The molecule has 0 amide bonds. The molecule has 2 rings (SSSR count). The molecule has 0 saturated carbocycles. The van der Waals surface area contributed by atoms with Crippen molar-refractivity contribution >= 4 is 11.6 Å². The lowest BCUT2D eigenvalue weighted by molar-refractivity contribution is 0.407. The molecule has 1 heterocycles. The Labute approximate surface area is 96.4 Å². The summed E-state index contributed by atoms with van der Waals surface area (Å²) in [7, 11) is 0. The first kappa shape index (κ1) is 11.0. The Bertz CT molecular complexity index is 441. The molecule has 0 aliphatic carbocycles.